The van der Waals surface area contributed by atoms with Gasteiger partial charge in [0.15, 0.2) is 0 Å². The number of carboxylic acids is 1. The Hall–Kier alpha value is -2.70. The summed E-state index contributed by atoms with van der Waals surface area (Å²) >= 11 is 5.85. The van der Waals surface area contributed by atoms with E-state index in [9.17, 15) is 14.7 Å². The Morgan fingerprint density at radius 3 is 2.40 bits per heavy atom. The van der Waals surface area contributed by atoms with E-state index in [2.05, 4.69) is 10.3 Å². The van der Waals surface area contributed by atoms with Crippen molar-refractivity contribution in [1.29, 1.82) is 0 Å². The average Bonchev–Trinajstić information content (AvgIpc) is 2.74. The van der Waals surface area contributed by atoms with Gasteiger partial charge in [-0.1, -0.05) is 48.0 Å². The van der Waals surface area contributed by atoms with Crippen molar-refractivity contribution in [2.75, 3.05) is 5.32 Å². The topological polar surface area (TPSA) is 79.3 Å². The van der Waals surface area contributed by atoms with E-state index in [1.165, 1.54) is 18.2 Å². The minimum atomic E-state index is -1.17. The van der Waals surface area contributed by atoms with E-state index in [1.54, 1.807) is 18.3 Å². The fourth-order valence-electron chi connectivity index (χ4n) is 3.14. The minimum Gasteiger partial charge on any atom is -0.478 e. The molecule has 0 aliphatic heterocycles. The Morgan fingerprint density at radius 1 is 0.933 bits per heavy atom. The van der Waals surface area contributed by atoms with Crippen LogP contribution in [-0.4, -0.2) is 51.5 Å². The van der Waals surface area contributed by atoms with Crippen LogP contribution < -0.4 is 5.32 Å². The van der Waals surface area contributed by atoms with E-state index >= 15 is 0 Å². The molecular weight excluding hydrogens is 411 g/mol. The molecule has 0 saturated heterocycles. The number of hydrogen-bond acceptors (Lipinski definition) is 3. The number of rotatable bonds is 4. The molecule has 30 heavy (non-hydrogen) atoms. The Kier molecular flexibility index (Phi) is 6.90. The molecule has 0 fully saturated rings. The van der Waals surface area contributed by atoms with E-state index in [1.807, 2.05) is 42.5 Å². The van der Waals surface area contributed by atoms with Gasteiger partial charge in [-0.15, -0.1) is 0 Å². The molecule has 1 radical (unpaired) electrons. The van der Waals surface area contributed by atoms with Crippen LogP contribution in [0.25, 0.3) is 22.0 Å². The maximum absolute atomic E-state index is 12.6. The van der Waals surface area contributed by atoms with Gasteiger partial charge in [-0.3, -0.25) is 9.78 Å². The van der Waals surface area contributed by atoms with E-state index in [0.717, 1.165) is 22.0 Å². The van der Waals surface area contributed by atoms with Gasteiger partial charge in [0.05, 0.1) is 16.8 Å². The molecule has 1 heterocycles. The molecule has 0 bridgehead atoms. The van der Waals surface area contributed by atoms with Gasteiger partial charge < -0.3 is 10.4 Å². The van der Waals surface area contributed by atoms with Crippen molar-refractivity contribution in [3.05, 3.63) is 95.1 Å². The second kappa shape index (κ2) is 9.41. The molecule has 4 rings (SSSR count). The summed E-state index contributed by atoms with van der Waals surface area (Å²) in [5.41, 5.74) is 3.33. The van der Waals surface area contributed by atoms with Crippen LogP contribution in [0.15, 0.2) is 79.0 Å². The first-order chi connectivity index (χ1) is 14.0. The van der Waals surface area contributed by atoms with Crippen molar-refractivity contribution in [1.82, 2.24) is 4.98 Å². The van der Waals surface area contributed by atoms with Crippen LogP contribution in [0.4, 0.5) is 5.69 Å². The molecule has 3 aromatic carbocycles. The summed E-state index contributed by atoms with van der Waals surface area (Å²) in [7, 11) is 0. The standard InChI is InChI=1S/C23H15ClN2O3.Na/c24-17-10-11-20(19(13-17)23(28)29)26-22(27)16-8-6-14(7-9-16)18-5-1-3-15-4-2-12-25-21(15)18;/h1-13H,(H,26,27)(H,28,29);. The molecule has 4 aromatic rings. The molecule has 2 N–H and O–H groups in total. The van der Waals surface area contributed by atoms with Crippen LogP contribution in [0, 0.1) is 0 Å². The zero-order valence-corrected chi connectivity index (χ0v) is 18.9. The SMILES string of the molecule is O=C(Nc1ccc(Cl)cc1C(=O)O)c1ccc(-c2cccc3cccnc23)cc1.[Na]. The van der Waals surface area contributed by atoms with Gasteiger partial charge in [-0.2, -0.15) is 0 Å². The third-order valence-corrected chi connectivity index (χ3v) is 4.79. The third-order valence-electron chi connectivity index (χ3n) is 4.55. The number of pyridine rings is 1. The smallest absolute Gasteiger partial charge is 0.337 e. The van der Waals surface area contributed by atoms with Crippen molar-refractivity contribution in [2.24, 2.45) is 0 Å². The fraction of sp³-hybridized carbons (Fsp3) is 0. The number of aromatic carboxylic acids is 1. The van der Waals surface area contributed by atoms with Crippen LogP contribution in [0.2, 0.25) is 5.02 Å². The summed E-state index contributed by atoms with van der Waals surface area (Å²) in [6, 6.07) is 21.2. The summed E-state index contributed by atoms with van der Waals surface area (Å²) in [5, 5.41) is 13.3. The normalized spacial score (nSPS) is 10.3. The number of hydrogen-bond donors (Lipinski definition) is 2. The molecule has 7 heteroatoms. The molecule has 0 spiro atoms. The summed E-state index contributed by atoms with van der Waals surface area (Å²) < 4.78 is 0. The number of carboxylic acid groups (broad SMARTS) is 1. The second-order valence-electron chi connectivity index (χ2n) is 6.41. The number of benzene rings is 3. The van der Waals surface area contributed by atoms with Gasteiger partial charge in [0.25, 0.3) is 5.91 Å². The maximum atomic E-state index is 12.6. The molecule has 1 amide bonds. The van der Waals surface area contributed by atoms with Crippen molar-refractivity contribution in [3.63, 3.8) is 0 Å². The van der Waals surface area contributed by atoms with Crippen LogP contribution in [0.1, 0.15) is 20.7 Å². The van der Waals surface area contributed by atoms with Crippen molar-refractivity contribution < 1.29 is 14.7 Å². The monoisotopic (exact) mass is 425 g/mol. The molecule has 0 saturated carbocycles. The summed E-state index contributed by atoms with van der Waals surface area (Å²) in [6.45, 7) is 0. The first kappa shape index (κ1) is 22.0. The molecule has 0 aliphatic rings. The number of nitrogens with one attached hydrogen (secondary N) is 1. The Morgan fingerprint density at radius 2 is 1.67 bits per heavy atom. The largest absolute Gasteiger partial charge is 0.478 e. The number of aromatic nitrogens is 1. The van der Waals surface area contributed by atoms with Gasteiger partial charge in [-0.25, -0.2) is 4.79 Å². The predicted octanol–water partition coefficient (Wildman–Crippen LogP) is 5.12. The number of carbonyl (C=O) groups is 2. The quantitative estimate of drug-likeness (QED) is 0.444. The van der Waals surface area contributed by atoms with Crippen LogP contribution >= 0.6 is 11.6 Å². The first-order valence-electron chi connectivity index (χ1n) is 8.81. The Bertz CT molecular complexity index is 1240. The van der Waals surface area contributed by atoms with Crippen molar-refractivity contribution in [3.8, 4) is 11.1 Å². The molecule has 0 aliphatic carbocycles. The van der Waals surface area contributed by atoms with Gasteiger partial charge in [-0.05, 0) is 42.0 Å². The van der Waals surface area contributed by atoms with Gasteiger partial charge in [0.1, 0.15) is 0 Å². The number of amides is 1. The zero-order chi connectivity index (χ0) is 20.4. The Balaban J connectivity index is 0.00000256. The minimum absolute atomic E-state index is 0. The number of fused-ring (bicyclic) bond motifs is 1. The van der Waals surface area contributed by atoms with Crippen LogP contribution in [-0.2, 0) is 0 Å². The number of halogens is 1. The predicted molar refractivity (Wildman–Crippen MR) is 119 cm³/mol. The number of anilines is 1. The number of carbonyl (C=O) groups excluding carboxylic acids is 1. The molecule has 5 nitrogen and oxygen atoms in total. The molecular formula is C23H15ClN2NaO3. The molecule has 0 atom stereocenters. The molecule has 143 valence electrons. The van der Waals surface area contributed by atoms with E-state index in [-0.39, 0.29) is 45.8 Å². The zero-order valence-electron chi connectivity index (χ0n) is 16.1. The van der Waals surface area contributed by atoms with E-state index < -0.39 is 11.9 Å². The van der Waals surface area contributed by atoms with Crippen LogP contribution in [0.3, 0.4) is 0 Å². The first-order valence-corrected chi connectivity index (χ1v) is 9.19. The molecule has 1 aromatic heterocycles. The third kappa shape index (κ3) is 4.55. The fourth-order valence-corrected chi connectivity index (χ4v) is 3.31. The average molecular weight is 426 g/mol. The van der Waals surface area contributed by atoms with E-state index in [4.69, 9.17) is 11.6 Å². The van der Waals surface area contributed by atoms with Gasteiger partial charge in [0, 0.05) is 57.3 Å². The summed E-state index contributed by atoms with van der Waals surface area (Å²) in [4.78, 5) is 28.4. The maximum Gasteiger partial charge on any atom is 0.337 e. The molecule has 0 unspecified atom stereocenters. The second-order valence-corrected chi connectivity index (χ2v) is 6.84. The van der Waals surface area contributed by atoms with Gasteiger partial charge in [0.2, 0.25) is 0 Å². The van der Waals surface area contributed by atoms with Crippen molar-refractivity contribution in [2.45, 2.75) is 0 Å². The number of nitrogens with zero attached hydrogens (tertiary/aromatic N) is 1. The Labute approximate surface area is 200 Å². The summed E-state index contributed by atoms with van der Waals surface area (Å²) in [5.74, 6) is -1.57. The van der Waals surface area contributed by atoms with Gasteiger partial charge >= 0.3 is 5.97 Å². The van der Waals surface area contributed by atoms with Crippen molar-refractivity contribution >= 4 is 69.6 Å². The van der Waals surface area contributed by atoms with E-state index in [0.29, 0.717) is 5.56 Å². The summed E-state index contributed by atoms with van der Waals surface area (Å²) in [6.07, 6.45) is 1.75. The number of para-hydroxylation sites is 1. The van der Waals surface area contributed by atoms with Crippen LogP contribution in [0.5, 0.6) is 0 Å².